The number of esters is 1. The van der Waals surface area contributed by atoms with Crippen molar-refractivity contribution in [2.45, 2.75) is 38.5 Å². The second kappa shape index (κ2) is 4.72. The number of carbonyl (C=O) groups is 2. The molecule has 0 amide bonds. The zero-order valence-corrected chi connectivity index (χ0v) is 10.4. The van der Waals surface area contributed by atoms with E-state index in [0.29, 0.717) is 0 Å². The number of β-amino-alcohol motifs (C(OH)–C–C–N with tert-alkyl or cyclic N) is 1. The smallest absolute Gasteiger partial charge is 0.362 e. The van der Waals surface area contributed by atoms with Crippen LogP contribution in [0.25, 0.3) is 0 Å². The van der Waals surface area contributed by atoms with Crippen LogP contribution in [0.5, 0.6) is 0 Å². The van der Waals surface area contributed by atoms with Crippen molar-refractivity contribution in [3.05, 3.63) is 0 Å². The first-order chi connectivity index (χ1) is 7.71. The quantitative estimate of drug-likeness (QED) is 0.504. The van der Waals surface area contributed by atoms with E-state index in [9.17, 15) is 14.7 Å². The van der Waals surface area contributed by atoms with Gasteiger partial charge in [0.1, 0.15) is 5.60 Å². The molecule has 1 heterocycles. The van der Waals surface area contributed by atoms with Crippen LogP contribution in [0.4, 0.5) is 0 Å². The average Bonchev–Trinajstić information content (AvgIpc) is 2.45. The van der Waals surface area contributed by atoms with Gasteiger partial charge in [0.25, 0.3) is 5.72 Å². The molecule has 6 nitrogen and oxygen atoms in total. The van der Waals surface area contributed by atoms with Crippen molar-refractivity contribution in [2.75, 3.05) is 19.7 Å². The normalized spacial score (nSPS) is 26.3. The second-order valence-electron chi connectivity index (χ2n) is 5.06. The molecule has 1 unspecified atom stereocenters. The number of ketones is 1. The standard InChI is InChI=1S/C11H19NO5/c1-10(2,3)17-9(15)11(16)8(14)4-5-12(11)6-7-13/h13,16H,4-7H2,1-3H3. The Balaban J connectivity index is 2.89. The highest BCUT2D eigenvalue weighted by Gasteiger charge is 2.55. The van der Waals surface area contributed by atoms with Gasteiger partial charge in [-0.2, -0.15) is 0 Å². The fraction of sp³-hybridized carbons (Fsp3) is 0.818. The van der Waals surface area contributed by atoms with Gasteiger partial charge in [0, 0.05) is 19.5 Å². The fourth-order valence-electron chi connectivity index (χ4n) is 1.74. The number of ether oxygens (including phenoxy) is 1. The van der Waals surface area contributed by atoms with E-state index >= 15 is 0 Å². The number of aliphatic hydroxyl groups excluding tert-OH is 1. The summed E-state index contributed by atoms with van der Waals surface area (Å²) in [5.74, 6) is -1.55. The monoisotopic (exact) mass is 245 g/mol. The molecule has 0 aromatic heterocycles. The van der Waals surface area contributed by atoms with Gasteiger partial charge in [-0.3, -0.25) is 9.69 Å². The van der Waals surface area contributed by atoms with Crippen molar-refractivity contribution in [1.82, 2.24) is 4.90 Å². The molecule has 17 heavy (non-hydrogen) atoms. The highest BCUT2D eigenvalue weighted by Crippen LogP contribution is 2.26. The molecule has 1 fully saturated rings. The van der Waals surface area contributed by atoms with Crippen LogP contribution < -0.4 is 0 Å². The number of likely N-dealkylation sites (tertiary alicyclic amines) is 1. The van der Waals surface area contributed by atoms with E-state index in [1.807, 2.05) is 0 Å². The van der Waals surface area contributed by atoms with Gasteiger partial charge in [0.2, 0.25) is 0 Å². The Labute approximate surface area is 100 Å². The third-order valence-corrected chi connectivity index (χ3v) is 2.51. The molecule has 98 valence electrons. The summed E-state index contributed by atoms with van der Waals surface area (Å²) in [6.07, 6.45) is 0.0791. The van der Waals surface area contributed by atoms with Crippen LogP contribution in [-0.2, 0) is 14.3 Å². The van der Waals surface area contributed by atoms with E-state index < -0.39 is 23.1 Å². The largest absolute Gasteiger partial charge is 0.456 e. The number of aliphatic hydroxyl groups is 2. The van der Waals surface area contributed by atoms with Crippen LogP contribution in [-0.4, -0.2) is 57.9 Å². The molecule has 6 heteroatoms. The van der Waals surface area contributed by atoms with Gasteiger partial charge in [-0.05, 0) is 20.8 Å². The van der Waals surface area contributed by atoms with Crippen molar-refractivity contribution < 1.29 is 24.5 Å². The van der Waals surface area contributed by atoms with Gasteiger partial charge in [-0.15, -0.1) is 0 Å². The molecular formula is C11H19NO5. The van der Waals surface area contributed by atoms with Crippen LogP contribution >= 0.6 is 0 Å². The van der Waals surface area contributed by atoms with Crippen LogP contribution in [0.2, 0.25) is 0 Å². The first-order valence-corrected chi connectivity index (χ1v) is 5.57. The molecule has 0 saturated carbocycles. The Morgan fingerprint density at radius 2 is 2.12 bits per heavy atom. The summed E-state index contributed by atoms with van der Waals surface area (Å²) in [7, 11) is 0. The third-order valence-electron chi connectivity index (χ3n) is 2.51. The maximum absolute atomic E-state index is 11.9. The van der Waals surface area contributed by atoms with E-state index in [-0.39, 0.29) is 26.1 Å². The third kappa shape index (κ3) is 2.83. The molecule has 1 atom stereocenters. The Morgan fingerprint density at radius 1 is 1.53 bits per heavy atom. The number of carbonyl (C=O) groups excluding carboxylic acids is 2. The Kier molecular flexibility index (Phi) is 3.91. The summed E-state index contributed by atoms with van der Waals surface area (Å²) in [6.45, 7) is 5.03. The van der Waals surface area contributed by atoms with Crippen molar-refractivity contribution in [1.29, 1.82) is 0 Å². The first kappa shape index (κ1) is 14.1. The maximum atomic E-state index is 11.9. The minimum atomic E-state index is -2.24. The number of rotatable bonds is 3. The molecular weight excluding hydrogens is 226 g/mol. The Hall–Kier alpha value is -0.980. The van der Waals surface area contributed by atoms with Crippen molar-refractivity contribution >= 4 is 11.8 Å². The van der Waals surface area contributed by atoms with E-state index in [1.54, 1.807) is 20.8 Å². The highest BCUT2D eigenvalue weighted by atomic mass is 16.6. The molecule has 0 spiro atoms. The highest BCUT2D eigenvalue weighted by molar-refractivity contribution is 6.08. The summed E-state index contributed by atoms with van der Waals surface area (Å²) in [5.41, 5.74) is -3.02. The van der Waals surface area contributed by atoms with E-state index in [1.165, 1.54) is 4.90 Å². The van der Waals surface area contributed by atoms with Crippen LogP contribution in [0.3, 0.4) is 0 Å². The van der Waals surface area contributed by atoms with Crippen molar-refractivity contribution in [3.8, 4) is 0 Å². The minimum absolute atomic E-state index is 0.0570. The van der Waals surface area contributed by atoms with Gasteiger partial charge in [-0.25, -0.2) is 4.79 Å². The fourth-order valence-corrected chi connectivity index (χ4v) is 1.74. The molecule has 0 radical (unpaired) electrons. The number of hydrogen-bond acceptors (Lipinski definition) is 6. The topological polar surface area (TPSA) is 87.1 Å². The summed E-state index contributed by atoms with van der Waals surface area (Å²) in [5, 5.41) is 19.0. The van der Waals surface area contributed by atoms with Gasteiger partial charge in [-0.1, -0.05) is 0 Å². The van der Waals surface area contributed by atoms with E-state index in [4.69, 9.17) is 9.84 Å². The van der Waals surface area contributed by atoms with Crippen LogP contribution in [0, 0.1) is 0 Å². The lowest BCUT2D eigenvalue weighted by Gasteiger charge is -2.32. The number of Topliss-reactive ketones (excluding diaryl/α,β-unsaturated/α-hetero) is 1. The van der Waals surface area contributed by atoms with E-state index in [0.717, 1.165) is 0 Å². The molecule has 1 saturated heterocycles. The molecule has 0 bridgehead atoms. The predicted molar refractivity (Wildman–Crippen MR) is 59.1 cm³/mol. The molecule has 0 aromatic carbocycles. The molecule has 0 aliphatic carbocycles. The summed E-state index contributed by atoms with van der Waals surface area (Å²) in [6, 6.07) is 0. The van der Waals surface area contributed by atoms with Crippen molar-refractivity contribution in [2.24, 2.45) is 0 Å². The average molecular weight is 245 g/mol. The van der Waals surface area contributed by atoms with Crippen molar-refractivity contribution in [3.63, 3.8) is 0 Å². The summed E-state index contributed by atoms with van der Waals surface area (Å²) < 4.78 is 5.04. The lowest BCUT2D eigenvalue weighted by Crippen LogP contribution is -2.57. The molecule has 1 aliphatic rings. The Bertz CT molecular complexity index is 322. The summed E-state index contributed by atoms with van der Waals surface area (Å²) >= 11 is 0. The first-order valence-electron chi connectivity index (χ1n) is 5.57. The SMILES string of the molecule is CC(C)(C)OC(=O)C1(O)C(=O)CCN1CCO. The number of hydrogen-bond donors (Lipinski definition) is 2. The molecule has 0 aromatic rings. The maximum Gasteiger partial charge on any atom is 0.362 e. The number of nitrogens with zero attached hydrogens (tertiary/aromatic N) is 1. The van der Waals surface area contributed by atoms with Gasteiger partial charge in [0.15, 0.2) is 5.78 Å². The van der Waals surface area contributed by atoms with Gasteiger partial charge >= 0.3 is 5.97 Å². The van der Waals surface area contributed by atoms with Crippen LogP contribution in [0.15, 0.2) is 0 Å². The molecule has 2 N–H and O–H groups in total. The zero-order valence-electron chi connectivity index (χ0n) is 10.4. The van der Waals surface area contributed by atoms with Crippen LogP contribution in [0.1, 0.15) is 27.2 Å². The Morgan fingerprint density at radius 3 is 2.59 bits per heavy atom. The lowest BCUT2D eigenvalue weighted by atomic mass is 10.1. The molecule has 1 aliphatic heterocycles. The predicted octanol–water partition coefficient (Wildman–Crippen LogP) is -0.716. The minimum Gasteiger partial charge on any atom is -0.456 e. The molecule has 1 rings (SSSR count). The second-order valence-corrected chi connectivity index (χ2v) is 5.06. The van der Waals surface area contributed by atoms with E-state index in [2.05, 4.69) is 0 Å². The summed E-state index contributed by atoms with van der Waals surface area (Å²) in [4.78, 5) is 24.7. The van der Waals surface area contributed by atoms with Gasteiger partial charge < -0.3 is 14.9 Å². The van der Waals surface area contributed by atoms with Gasteiger partial charge in [0.05, 0.1) is 6.61 Å². The zero-order chi connectivity index (χ0) is 13.3. The lowest BCUT2D eigenvalue weighted by molar-refractivity contribution is -0.194.